The molecule has 1 aliphatic carbocycles. The van der Waals surface area contributed by atoms with Crippen molar-refractivity contribution in [3.8, 4) is 0 Å². The second-order valence-electron chi connectivity index (χ2n) is 6.40. The largest absolute Gasteiger partial charge is 0.356 e. The number of nitrogens with one attached hydrogen (secondary N) is 2. The van der Waals surface area contributed by atoms with E-state index in [9.17, 15) is 4.79 Å². The van der Waals surface area contributed by atoms with Gasteiger partial charge in [-0.3, -0.25) is 4.79 Å². The van der Waals surface area contributed by atoms with Crippen LogP contribution in [0.25, 0.3) is 0 Å². The van der Waals surface area contributed by atoms with E-state index in [1.165, 1.54) is 12.8 Å². The lowest BCUT2D eigenvalue weighted by atomic mass is 9.97. The van der Waals surface area contributed by atoms with Crippen LogP contribution in [0.2, 0.25) is 5.02 Å². The first-order valence-corrected chi connectivity index (χ1v) is 7.94. The summed E-state index contributed by atoms with van der Waals surface area (Å²) in [5.74, 6) is 0.0596. The number of nitrogens with zero attached hydrogens (tertiary/aromatic N) is 1. The van der Waals surface area contributed by atoms with Gasteiger partial charge in [0.05, 0.1) is 0 Å². The number of benzene rings is 1. The first-order chi connectivity index (χ1) is 9.98. The molecule has 3 rings (SSSR count). The molecule has 0 unspecified atom stereocenters. The molecule has 2 aliphatic rings. The van der Waals surface area contributed by atoms with E-state index in [1.54, 1.807) is 0 Å². The first-order valence-electron chi connectivity index (χ1n) is 7.56. The van der Waals surface area contributed by atoms with E-state index in [1.807, 2.05) is 19.9 Å². The fraction of sp³-hybridized carbons (Fsp3) is 0.562. The molecule has 114 valence electrons. The Morgan fingerprint density at radius 3 is 2.86 bits per heavy atom. The first kappa shape index (κ1) is 14.7. The van der Waals surface area contributed by atoms with E-state index in [2.05, 4.69) is 27.7 Å². The van der Waals surface area contributed by atoms with E-state index >= 15 is 0 Å². The minimum atomic E-state index is -0.546. The van der Waals surface area contributed by atoms with Gasteiger partial charge < -0.3 is 15.5 Å². The van der Waals surface area contributed by atoms with Crippen LogP contribution in [0.5, 0.6) is 0 Å². The number of carbonyl (C=O) groups excluding carboxylic acids is 1. The van der Waals surface area contributed by atoms with Crippen LogP contribution in [0.4, 0.5) is 5.69 Å². The van der Waals surface area contributed by atoms with Gasteiger partial charge in [0.1, 0.15) is 5.54 Å². The standard InChI is InChI=1S/C16H22ClN3O/c1-16(2)15(21)18-7-8-20(16)13-6-3-11(14(17)9-13)10-19-12-4-5-12/h3,6,9,12,19H,4-5,7-8,10H2,1-2H3,(H,18,21). The average molecular weight is 308 g/mol. The monoisotopic (exact) mass is 307 g/mol. The van der Waals surface area contributed by atoms with E-state index in [0.29, 0.717) is 12.6 Å². The smallest absolute Gasteiger partial charge is 0.245 e. The van der Waals surface area contributed by atoms with Crippen LogP contribution in [0.1, 0.15) is 32.3 Å². The van der Waals surface area contributed by atoms with Gasteiger partial charge in [0.15, 0.2) is 0 Å². The number of rotatable bonds is 4. The number of anilines is 1. The zero-order chi connectivity index (χ0) is 15.0. The number of hydrogen-bond donors (Lipinski definition) is 2. The molecule has 1 amide bonds. The van der Waals surface area contributed by atoms with E-state index in [4.69, 9.17) is 11.6 Å². The summed E-state index contributed by atoms with van der Waals surface area (Å²) >= 11 is 6.41. The number of halogens is 1. The van der Waals surface area contributed by atoms with Gasteiger partial charge in [-0.15, -0.1) is 0 Å². The second-order valence-corrected chi connectivity index (χ2v) is 6.80. The Labute approximate surface area is 130 Å². The molecule has 1 aromatic rings. The Hall–Kier alpha value is -1.26. The third kappa shape index (κ3) is 3.01. The van der Waals surface area contributed by atoms with Crippen LogP contribution in [0.3, 0.4) is 0 Å². The van der Waals surface area contributed by atoms with Crippen LogP contribution in [-0.4, -0.2) is 30.6 Å². The maximum Gasteiger partial charge on any atom is 0.245 e. The number of amides is 1. The molecule has 0 aromatic heterocycles. The molecule has 1 heterocycles. The Balaban J connectivity index is 1.78. The molecule has 0 spiro atoms. The Bertz CT molecular complexity index is 554. The predicted molar refractivity (Wildman–Crippen MR) is 85.7 cm³/mol. The molecule has 0 atom stereocenters. The number of piperazine rings is 1. The topological polar surface area (TPSA) is 44.4 Å². The van der Waals surface area contributed by atoms with Gasteiger partial charge in [0.2, 0.25) is 5.91 Å². The molecule has 1 saturated carbocycles. The van der Waals surface area contributed by atoms with E-state index in [-0.39, 0.29) is 5.91 Å². The van der Waals surface area contributed by atoms with Crippen molar-refractivity contribution in [3.63, 3.8) is 0 Å². The molecule has 2 N–H and O–H groups in total. The highest BCUT2D eigenvalue weighted by molar-refractivity contribution is 6.31. The zero-order valence-corrected chi connectivity index (χ0v) is 13.3. The van der Waals surface area contributed by atoms with Gasteiger partial charge in [0.25, 0.3) is 0 Å². The van der Waals surface area contributed by atoms with Gasteiger partial charge in [-0.05, 0) is 44.4 Å². The summed E-state index contributed by atoms with van der Waals surface area (Å²) in [6, 6.07) is 6.78. The highest BCUT2D eigenvalue weighted by Crippen LogP contribution is 2.30. The van der Waals surface area contributed by atoms with Gasteiger partial charge in [-0.25, -0.2) is 0 Å². The minimum absolute atomic E-state index is 0.0596. The molecule has 1 aliphatic heterocycles. The second kappa shape index (κ2) is 5.50. The quantitative estimate of drug-likeness (QED) is 0.897. The molecule has 1 saturated heterocycles. The van der Waals surface area contributed by atoms with Crippen LogP contribution in [0.15, 0.2) is 18.2 Å². The minimum Gasteiger partial charge on any atom is -0.356 e. The summed E-state index contributed by atoms with van der Waals surface area (Å²) in [5, 5.41) is 7.15. The maximum absolute atomic E-state index is 12.0. The van der Waals surface area contributed by atoms with Gasteiger partial charge in [-0.1, -0.05) is 17.7 Å². The fourth-order valence-electron chi connectivity index (χ4n) is 2.74. The van der Waals surface area contributed by atoms with Crippen molar-refractivity contribution in [1.29, 1.82) is 0 Å². The van der Waals surface area contributed by atoms with Crippen molar-refractivity contribution in [2.45, 2.75) is 44.8 Å². The summed E-state index contributed by atoms with van der Waals surface area (Å²) < 4.78 is 0. The third-order valence-corrected chi connectivity index (χ3v) is 4.71. The maximum atomic E-state index is 12.0. The lowest BCUT2D eigenvalue weighted by molar-refractivity contribution is -0.126. The Kier molecular flexibility index (Phi) is 3.84. The highest BCUT2D eigenvalue weighted by Gasteiger charge is 2.37. The normalized spacial score (nSPS) is 21.3. The van der Waals surface area contributed by atoms with Crippen LogP contribution in [0, 0.1) is 0 Å². The van der Waals surface area contributed by atoms with Crippen LogP contribution in [-0.2, 0) is 11.3 Å². The Morgan fingerprint density at radius 1 is 1.43 bits per heavy atom. The van der Waals surface area contributed by atoms with Crippen molar-refractivity contribution in [2.75, 3.05) is 18.0 Å². The molecule has 4 nitrogen and oxygen atoms in total. The highest BCUT2D eigenvalue weighted by atomic mass is 35.5. The number of hydrogen-bond acceptors (Lipinski definition) is 3. The van der Waals surface area contributed by atoms with Gasteiger partial charge >= 0.3 is 0 Å². The van der Waals surface area contributed by atoms with E-state index < -0.39 is 5.54 Å². The summed E-state index contributed by atoms with van der Waals surface area (Å²) in [4.78, 5) is 14.2. The van der Waals surface area contributed by atoms with E-state index in [0.717, 1.165) is 29.4 Å². The molecule has 1 aromatic carbocycles. The molecule has 21 heavy (non-hydrogen) atoms. The fourth-order valence-corrected chi connectivity index (χ4v) is 2.98. The lowest BCUT2D eigenvalue weighted by Gasteiger charge is -2.43. The van der Waals surface area contributed by atoms with Crippen molar-refractivity contribution < 1.29 is 4.79 Å². The predicted octanol–water partition coefficient (Wildman–Crippen LogP) is 2.31. The summed E-state index contributed by atoms with van der Waals surface area (Å²) in [7, 11) is 0. The van der Waals surface area contributed by atoms with Crippen molar-refractivity contribution in [1.82, 2.24) is 10.6 Å². The molecule has 0 radical (unpaired) electrons. The van der Waals surface area contributed by atoms with Crippen molar-refractivity contribution in [3.05, 3.63) is 28.8 Å². The van der Waals surface area contributed by atoms with Crippen LogP contribution < -0.4 is 15.5 Å². The van der Waals surface area contributed by atoms with Crippen LogP contribution >= 0.6 is 11.6 Å². The third-order valence-electron chi connectivity index (χ3n) is 4.36. The zero-order valence-electron chi connectivity index (χ0n) is 12.6. The summed E-state index contributed by atoms with van der Waals surface area (Å²) in [6.07, 6.45) is 2.54. The SMILES string of the molecule is CC1(C)C(=O)NCCN1c1ccc(CNC2CC2)c(Cl)c1. The molecular formula is C16H22ClN3O. The van der Waals surface area contributed by atoms with Gasteiger partial charge in [-0.2, -0.15) is 0 Å². The molecule has 0 bridgehead atoms. The number of carbonyl (C=O) groups is 1. The molecule has 5 heteroatoms. The van der Waals surface area contributed by atoms with Crippen molar-refractivity contribution >= 4 is 23.2 Å². The molecular weight excluding hydrogens is 286 g/mol. The van der Waals surface area contributed by atoms with Crippen molar-refractivity contribution in [2.24, 2.45) is 0 Å². The summed E-state index contributed by atoms with van der Waals surface area (Å²) in [6.45, 7) is 6.17. The average Bonchev–Trinajstić information content (AvgIpc) is 3.24. The lowest BCUT2D eigenvalue weighted by Crippen LogP contribution is -2.62. The van der Waals surface area contributed by atoms with Gasteiger partial charge in [0, 0.05) is 36.4 Å². The molecule has 2 fully saturated rings. The Morgan fingerprint density at radius 2 is 2.19 bits per heavy atom. The summed E-state index contributed by atoms with van der Waals surface area (Å²) in [5.41, 5.74) is 1.58.